The van der Waals surface area contributed by atoms with Crippen molar-refractivity contribution in [1.82, 2.24) is 0 Å². The number of anilines is 1. The van der Waals surface area contributed by atoms with Gasteiger partial charge in [-0.15, -0.1) is 0 Å². The van der Waals surface area contributed by atoms with Crippen LogP contribution in [0.2, 0.25) is 0 Å². The molecule has 4 rings (SSSR count). The maximum Gasteiger partial charge on any atom is 0.187 e. The molecule has 4 heteroatoms. The molecule has 0 unspecified atom stereocenters. The lowest BCUT2D eigenvalue weighted by Crippen LogP contribution is -2.10. The van der Waals surface area contributed by atoms with Gasteiger partial charge < -0.3 is 10.1 Å². The summed E-state index contributed by atoms with van der Waals surface area (Å²) in [5, 5.41) is 4.32. The zero-order chi connectivity index (χ0) is 13.7. The van der Waals surface area contributed by atoms with Gasteiger partial charge >= 0.3 is 0 Å². The van der Waals surface area contributed by atoms with Crippen LogP contribution in [0.15, 0.2) is 18.2 Å². The summed E-state index contributed by atoms with van der Waals surface area (Å²) >= 11 is 1.52. The van der Waals surface area contributed by atoms with E-state index in [2.05, 4.69) is 24.4 Å². The van der Waals surface area contributed by atoms with Gasteiger partial charge in [-0.1, -0.05) is 17.4 Å². The van der Waals surface area contributed by atoms with Gasteiger partial charge in [-0.3, -0.25) is 4.79 Å². The number of hydrogen-bond acceptors (Lipinski definition) is 4. The zero-order valence-electron chi connectivity index (χ0n) is 11.3. The first-order valence-electron chi connectivity index (χ1n) is 6.92. The van der Waals surface area contributed by atoms with Gasteiger partial charge in [-0.05, 0) is 43.0 Å². The highest BCUT2D eigenvalue weighted by Crippen LogP contribution is 2.45. The van der Waals surface area contributed by atoms with Crippen molar-refractivity contribution >= 4 is 22.8 Å². The Balaban J connectivity index is 1.83. The third kappa shape index (κ3) is 1.75. The van der Waals surface area contributed by atoms with Crippen molar-refractivity contribution in [3.8, 4) is 10.8 Å². The first-order valence-corrected chi connectivity index (χ1v) is 7.74. The molecule has 1 aliphatic carbocycles. The standard InChI is InChI=1S/C16H15NO2S/c1-9-5-6-12-14(7-9)19-16-11(8-17-12)10-3-2-4-13(18)15(10)20-16/h5-7,17H,2-4,8H2,1H3. The maximum absolute atomic E-state index is 12.0. The lowest BCUT2D eigenvalue weighted by molar-refractivity contribution is 0.0977. The minimum atomic E-state index is 0.275. The van der Waals surface area contributed by atoms with E-state index in [9.17, 15) is 4.79 Å². The Labute approximate surface area is 121 Å². The number of rotatable bonds is 0. The molecule has 0 atom stereocenters. The number of ketones is 1. The number of aryl methyl sites for hydroxylation is 1. The number of thiophene rings is 1. The highest BCUT2D eigenvalue weighted by atomic mass is 32.1. The molecule has 0 bridgehead atoms. The fourth-order valence-corrected chi connectivity index (χ4v) is 4.11. The van der Waals surface area contributed by atoms with Crippen LogP contribution in [0, 0.1) is 6.92 Å². The number of ether oxygens (including phenoxy) is 1. The molecule has 0 radical (unpaired) electrons. The second-order valence-corrected chi connectivity index (χ2v) is 6.39. The van der Waals surface area contributed by atoms with Crippen molar-refractivity contribution in [2.45, 2.75) is 32.7 Å². The molecule has 3 nitrogen and oxygen atoms in total. The molecule has 1 aliphatic heterocycles. The van der Waals surface area contributed by atoms with E-state index in [1.807, 2.05) is 6.07 Å². The van der Waals surface area contributed by atoms with Gasteiger partial charge in [-0.2, -0.15) is 0 Å². The molecule has 2 heterocycles. The van der Waals surface area contributed by atoms with Crippen LogP contribution in [0.5, 0.6) is 10.8 Å². The predicted molar refractivity (Wildman–Crippen MR) is 80.2 cm³/mol. The van der Waals surface area contributed by atoms with E-state index in [0.29, 0.717) is 6.42 Å². The average molecular weight is 285 g/mol. The predicted octanol–water partition coefficient (Wildman–Crippen LogP) is 4.29. The van der Waals surface area contributed by atoms with Crippen LogP contribution in [-0.2, 0) is 13.0 Å². The second kappa shape index (κ2) is 4.35. The zero-order valence-corrected chi connectivity index (χ0v) is 12.1. The summed E-state index contributed by atoms with van der Waals surface area (Å²) in [5.74, 6) is 1.13. The second-order valence-electron chi connectivity index (χ2n) is 5.41. The van der Waals surface area contributed by atoms with Gasteiger partial charge in [-0.25, -0.2) is 0 Å². The number of hydrogen-bond donors (Lipinski definition) is 1. The smallest absolute Gasteiger partial charge is 0.187 e. The van der Waals surface area contributed by atoms with E-state index in [4.69, 9.17) is 4.74 Å². The Morgan fingerprint density at radius 1 is 1.25 bits per heavy atom. The van der Waals surface area contributed by atoms with Gasteiger partial charge in [0.25, 0.3) is 0 Å². The summed E-state index contributed by atoms with van der Waals surface area (Å²) < 4.78 is 6.09. The molecule has 1 aromatic carbocycles. The molecular weight excluding hydrogens is 270 g/mol. The van der Waals surface area contributed by atoms with Gasteiger partial charge in [0.1, 0.15) is 0 Å². The summed E-state index contributed by atoms with van der Waals surface area (Å²) in [6.45, 7) is 2.79. The monoisotopic (exact) mass is 285 g/mol. The van der Waals surface area contributed by atoms with Crippen LogP contribution in [0.3, 0.4) is 0 Å². The van der Waals surface area contributed by atoms with E-state index in [1.54, 1.807) is 0 Å². The van der Waals surface area contributed by atoms with Gasteiger partial charge in [0.2, 0.25) is 0 Å². The average Bonchev–Trinajstić information content (AvgIpc) is 2.68. The SMILES string of the molecule is Cc1ccc2c(c1)Oc1sc3c(c1CN2)CCCC3=O. The summed E-state index contributed by atoms with van der Waals surface area (Å²) in [7, 11) is 0. The lowest BCUT2D eigenvalue weighted by Gasteiger charge is -2.12. The van der Waals surface area contributed by atoms with Crippen molar-refractivity contribution in [2.24, 2.45) is 0 Å². The normalized spacial score (nSPS) is 16.4. The largest absolute Gasteiger partial charge is 0.444 e. The fraction of sp³-hybridized carbons (Fsp3) is 0.312. The third-order valence-electron chi connectivity index (χ3n) is 3.96. The van der Waals surface area contributed by atoms with Crippen molar-refractivity contribution < 1.29 is 9.53 Å². The topological polar surface area (TPSA) is 38.3 Å². The molecule has 0 spiro atoms. The number of benzene rings is 1. The molecule has 0 amide bonds. The third-order valence-corrected chi connectivity index (χ3v) is 5.15. The summed E-state index contributed by atoms with van der Waals surface area (Å²) in [6, 6.07) is 6.17. The Kier molecular flexibility index (Phi) is 2.60. The van der Waals surface area contributed by atoms with Crippen LogP contribution in [0.4, 0.5) is 5.69 Å². The Morgan fingerprint density at radius 2 is 2.15 bits per heavy atom. The minimum absolute atomic E-state index is 0.275. The molecule has 2 aliphatic rings. The van der Waals surface area contributed by atoms with Crippen LogP contribution >= 0.6 is 11.3 Å². The maximum atomic E-state index is 12.0. The molecule has 1 N–H and O–H groups in total. The van der Waals surface area contributed by atoms with Crippen LogP contribution in [-0.4, -0.2) is 5.78 Å². The Bertz CT molecular complexity index is 718. The first kappa shape index (κ1) is 12.0. The lowest BCUT2D eigenvalue weighted by atomic mass is 9.95. The summed E-state index contributed by atoms with van der Waals surface area (Å²) in [6.07, 6.45) is 2.63. The molecule has 0 saturated carbocycles. The molecule has 2 aromatic rings. The molecular formula is C16H15NO2S. The number of Topliss-reactive ketones (excluding diaryl/α,β-unsaturated/α-hetero) is 1. The molecule has 0 saturated heterocycles. The number of carbonyl (C=O) groups is 1. The number of nitrogens with one attached hydrogen (secondary N) is 1. The minimum Gasteiger partial charge on any atom is -0.444 e. The number of carbonyl (C=O) groups excluding carboxylic acids is 1. The quantitative estimate of drug-likeness (QED) is 0.784. The van der Waals surface area contributed by atoms with E-state index >= 15 is 0 Å². The molecule has 1 aromatic heterocycles. The van der Waals surface area contributed by atoms with Gasteiger partial charge in [0, 0.05) is 18.5 Å². The van der Waals surface area contributed by atoms with Crippen LogP contribution < -0.4 is 10.1 Å². The Hall–Kier alpha value is -1.81. The van der Waals surface area contributed by atoms with Crippen molar-refractivity contribution in [1.29, 1.82) is 0 Å². The van der Waals surface area contributed by atoms with Crippen molar-refractivity contribution in [3.05, 3.63) is 39.8 Å². The molecule has 0 fully saturated rings. The van der Waals surface area contributed by atoms with Gasteiger partial charge in [0.05, 0.1) is 10.6 Å². The Morgan fingerprint density at radius 3 is 3.05 bits per heavy atom. The van der Waals surface area contributed by atoms with E-state index < -0.39 is 0 Å². The molecule has 102 valence electrons. The van der Waals surface area contributed by atoms with Crippen molar-refractivity contribution in [2.75, 3.05) is 5.32 Å². The van der Waals surface area contributed by atoms with Crippen LogP contribution in [0.25, 0.3) is 0 Å². The van der Waals surface area contributed by atoms with E-state index in [-0.39, 0.29) is 5.78 Å². The summed E-state index contributed by atoms with van der Waals surface area (Å²) in [4.78, 5) is 12.9. The number of fused-ring (bicyclic) bond motifs is 4. The highest BCUT2D eigenvalue weighted by Gasteiger charge is 2.28. The first-order chi connectivity index (χ1) is 9.72. The van der Waals surface area contributed by atoms with Crippen molar-refractivity contribution in [3.63, 3.8) is 0 Å². The van der Waals surface area contributed by atoms with Crippen LogP contribution in [0.1, 0.15) is 39.2 Å². The fourth-order valence-electron chi connectivity index (χ4n) is 2.91. The van der Waals surface area contributed by atoms with E-state index in [1.165, 1.54) is 28.0 Å². The summed E-state index contributed by atoms with van der Waals surface area (Å²) in [5.41, 5.74) is 4.58. The molecule has 20 heavy (non-hydrogen) atoms. The van der Waals surface area contributed by atoms with Gasteiger partial charge in [0.15, 0.2) is 16.6 Å². The highest BCUT2D eigenvalue weighted by molar-refractivity contribution is 7.16. The van der Waals surface area contributed by atoms with E-state index in [0.717, 1.165) is 40.8 Å².